The Kier molecular flexibility index (Phi) is 9.28. The van der Waals surface area contributed by atoms with Gasteiger partial charge in [0.2, 0.25) is 0 Å². The van der Waals surface area contributed by atoms with Crippen LogP contribution in [0, 0.1) is 0 Å². The number of ether oxygens (including phenoxy) is 2. The van der Waals surface area contributed by atoms with Gasteiger partial charge in [-0.25, -0.2) is 22.5 Å². The minimum absolute atomic E-state index is 0.0333. The van der Waals surface area contributed by atoms with Crippen molar-refractivity contribution in [3.63, 3.8) is 0 Å². The van der Waals surface area contributed by atoms with Crippen molar-refractivity contribution in [3.8, 4) is 5.75 Å². The van der Waals surface area contributed by atoms with Crippen LogP contribution in [0.15, 0.2) is 64.3 Å². The molecule has 0 radical (unpaired) electrons. The molecule has 3 N–H and O–H groups in total. The van der Waals surface area contributed by atoms with E-state index in [1.54, 1.807) is 44.2 Å². The van der Waals surface area contributed by atoms with Crippen molar-refractivity contribution in [1.29, 1.82) is 0 Å². The average molecular weight is 615 g/mol. The van der Waals surface area contributed by atoms with Crippen LogP contribution in [0.25, 0.3) is 10.8 Å². The zero-order valence-electron chi connectivity index (χ0n) is 22.6. The Morgan fingerprint density at radius 1 is 1.17 bits per heavy atom. The highest BCUT2D eigenvalue weighted by Crippen LogP contribution is 2.49. The van der Waals surface area contributed by atoms with Crippen LogP contribution in [0.4, 0.5) is 13.2 Å². The molecule has 1 aliphatic rings. The quantitative estimate of drug-likeness (QED) is 0.216. The van der Waals surface area contributed by atoms with Gasteiger partial charge in [0.15, 0.2) is 18.0 Å². The van der Waals surface area contributed by atoms with Gasteiger partial charge in [-0.2, -0.15) is 5.09 Å². The van der Waals surface area contributed by atoms with Gasteiger partial charge < -0.3 is 19.1 Å². The van der Waals surface area contributed by atoms with Crippen LogP contribution in [0.3, 0.4) is 0 Å². The Morgan fingerprint density at radius 3 is 2.50 bits per heavy atom. The molecule has 12 nitrogen and oxygen atoms in total. The van der Waals surface area contributed by atoms with Gasteiger partial charge in [-0.3, -0.25) is 23.7 Å². The van der Waals surface area contributed by atoms with Crippen molar-refractivity contribution in [2.24, 2.45) is 0 Å². The first-order valence-electron chi connectivity index (χ1n) is 12.8. The van der Waals surface area contributed by atoms with Crippen LogP contribution in [0.1, 0.15) is 27.0 Å². The fraction of sp³-hybridized carbons (Fsp3) is 0.423. The molecule has 1 aromatic heterocycles. The normalized spacial score (nSPS) is 24.5. The third-order valence-electron chi connectivity index (χ3n) is 6.37. The minimum Gasteiger partial charge on any atom is -0.462 e. The van der Waals surface area contributed by atoms with Gasteiger partial charge in [-0.1, -0.05) is 30.3 Å². The summed E-state index contributed by atoms with van der Waals surface area (Å²) in [5.74, 6) is -0.896. The van der Waals surface area contributed by atoms with Crippen molar-refractivity contribution in [3.05, 3.63) is 75.6 Å². The van der Waals surface area contributed by atoms with Crippen LogP contribution < -0.4 is 20.9 Å². The second-order valence-corrected chi connectivity index (χ2v) is 11.6. The number of aromatic nitrogens is 2. The predicted molar refractivity (Wildman–Crippen MR) is 143 cm³/mol. The molecule has 0 saturated carbocycles. The molecule has 0 spiro atoms. The zero-order valence-corrected chi connectivity index (χ0v) is 23.5. The number of alkyl halides is 3. The number of hydrogen-bond acceptors (Lipinski definition) is 9. The van der Waals surface area contributed by atoms with Gasteiger partial charge in [0.1, 0.15) is 17.9 Å². The summed E-state index contributed by atoms with van der Waals surface area (Å²) in [6.07, 6.45) is -10.6. The zero-order chi connectivity index (χ0) is 30.8. The van der Waals surface area contributed by atoms with Crippen molar-refractivity contribution in [2.45, 2.75) is 63.4 Å². The van der Waals surface area contributed by atoms with Crippen LogP contribution in [-0.2, 0) is 23.4 Å². The van der Waals surface area contributed by atoms with Crippen LogP contribution >= 0.6 is 7.75 Å². The number of rotatable bonds is 11. The molecule has 2 aromatic carbocycles. The van der Waals surface area contributed by atoms with Gasteiger partial charge in [-0.15, -0.1) is 0 Å². The summed E-state index contributed by atoms with van der Waals surface area (Å²) in [5.41, 5.74) is -5.17. The number of aromatic amines is 1. The van der Waals surface area contributed by atoms with Crippen LogP contribution in [0.2, 0.25) is 0 Å². The Labute approximate surface area is 236 Å². The van der Waals surface area contributed by atoms with E-state index in [2.05, 4.69) is 5.09 Å². The number of carbonyl (C=O) groups excluding carboxylic acids is 1. The number of nitrogens with one attached hydrogen (secondary N) is 2. The third kappa shape index (κ3) is 6.60. The predicted octanol–water partition coefficient (Wildman–Crippen LogP) is 3.05. The fourth-order valence-corrected chi connectivity index (χ4v) is 5.77. The Hall–Kier alpha value is -3.49. The van der Waals surface area contributed by atoms with Crippen molar-refractivity contribution in [2.75, 3.05) is 6.61 Å². The number of nitrogens with zero attached hydrogens (tertiary/aromatic N) is 1. The first kappa shape index (κ1) is 31.4. The lowest BCUT2D eigenvalue weighted by Crippen LogP contribution is -2.52. The van der Waals surface area contributed by atoms with E-state index in [0.717, 1.165) is 17.6 Å². The third-order valence-corrected chi connectivity index (χ3v) is 8.00. The van der Waals surface area contributed by atoms with E-state index in [4.69, 9.17) is 18.5 Å². The number of benzene rings is 2. The summed E-state index contributed by atoms with van der Waals surface area (Å²) < 4.78 is 79.7. The molecule has 1 saturated heterocycles. The molecule has 2 heterocycles. The molecular formula is C26H29F3N3O9P. The first-order valence-corrected chi connectivity index (χ1v) is 14.3. The van der Waals surface area contributed by atoms with E-state index >= 15 is 4.39 Å². The largest absolute Gasteiger partial charge is 0.462 e. The van der Waals surface area contributed by atoms with E-state index in [9.17, 15) is 32.8 Å². The maximum absolute atomic E-state index is 15.2. The standard InChI is InChI=1S/C26H29F3N3O9P/c1-14(2)39-23(35)15(3)31-42(37,41-18-9-8-16-6-4-5-7-17(16)12-18)38-13-26(24(28)29)21(34)20(27)22(40-26)32-11-10-19(33)30-25(32)36/h4-12,14-15,20-22,24,34H,13H2,1-3H3,(H,31,37)(H,30,33,36)/t15-,20+,21-,22+,26+,42?/m0/s1. The molecule has 6 atom stereocenters. The molecule has 1 fully saturated rings. The van der Waals surface area contributed by atoms with E-state index in [0.29, 0.717) is 9.95 Å². The molecule has 1 aliphatic heterocycles. The smallest absolute Gasteiger partial charge is 0.459 e. The lowest BCUT2D eigenvalue weighted by atomic mass is 9.97. The van der Waals surface area contributed by atoms with Crippen LogP contribution in [0.5, 0.6) is 5.75 Å². The van der Waals surface area contributed by atoms with E-state index < -0.39 is 74.2 Å². The molecule has 42 heavy (non-hydrogen) atoms. The summed E-state index contributed by atoms with van der Waals surface area (Å²) >= 11 is 0. The maximum atomic E-state index is 15.2. The number of fused-ring (bicyclic) bond motifs is 1. The summed E-state index contributed by atoms with van der Waals surface area (Å²) in [6.45, 7) is 3.01. The molecule has 0 bridgehead atoms. The topological polar surface area (TPSA) is 158 Å². The number of aliphatic hydroxyl groups is 1. The number of aliphatic hydroxyl groups excluding tert-OH is 1. The number of esters is 1. The monoisotopic (exact) mass is 615 g/mol. The molecule has 0 aliphatic carbocycles. The number of halogens is 3. The Balaban J connectivity index is 1.65. The molecule has 0 amide bonds. The fourth-order valence-electron chi connectivity index (χ4n) is 4.25. The molecule has 3 aromatic rings. The molecule has 1 unspecified atom stereocenters. The van der Waals surface area contributed by atoms with Gasteiger partial charge in [0, 0.05) is 12.3 Å². The molecular weight excluding hydrogens is 586 g/mol. The average Bonchev–Trinajstić information content (AvgIpc) is 3.17. The number of H-pyrrole nitrogens is 1. The first-order chi connectivity index (χ1) is 19.7. The van der Waals surface area contributed by atoms with E-state index in [1.165, 1.54) is 19.1 Å². The second kappa shape index (κ2) is 12.4. The highest BCUT2D eigenvalue weighted by atomic mass is 31.2. The SMILES string of the molecule is CC(C)OC(=O)[C@H](C)NP(=O)(OC[C@@]1(C(F)F)O[C@@H](n2ccc(=O)[nH]c2=O)[C@H](F)[C@@H]1O)Oc1ccc2ccccc2c1. The highest BCUT2D eigenvalue weighted by molar-refractivity contribution is 7.52. The van der Waals surface area contributed by atoms with Crippen molar-refractivity contribution in [1.82, 2.24) is 14.6 Å². The number of carbonyl (C=O) groups is 1. The molecule has 4 rings (SSSR count). The summed E-state index contributed by atoms with van der Waals surface area (Å²) in [4.78, 5) is 37.8. The van der Waals surface area contributed by atoms with E-state index in [-0.39, 0.29) is 5.75 Å². The second-order valence-electron chi connectivity index (χ2n) is 9.88. The lowest BCUT2D eigenvalue weighted by Gasteiger charge is -2.32. The van der Waals surface area contributed by atoms with Gasteiger partial charge in [-0.05, 0) is 43.7 Å². The summed E-state index contributed by atoms with van der Waals surface area (Å²) in [5, 5.41) is 14.4. The lowest BCUT2D eigenvalue weighted by molar-refractivity contribution is -0.192. The van der Waals surface area contributed by atoms with Crippen molar-refractivity contribution >= 4 is 24.5 Å². The van der Waals surface area contributed by atoms with Gasteiger partial charge in [0.05, 0.1) is 12.7 Å². The van der Waals surface area contributed by atoms with Gasteiger partial charge >= 0.3 is 19.4 Å². The number of hydrogen-bond donors (Lipinski definition) is 3. The molecule has 228 valence electrons. The summed E-state index contributed by atoms with van der Waals surface area (Å²) in [6, 6.07) is 11.1. The highest BCUT2D eigenvalue weighted by Gasteiger charge is 2.62. The van der Waals surface area contributed by atoms with E-state index in [1.807, 2.05) is 4.98 Å². The minimum atomic E-state index is -4.78. The maximum Gasteiger partial charge on any atom is 0.459 e. The van der Waals surface area contributed by atoms with Crippen molar-refractivity contribution < 1.29 is 46.2 Å². The van der Waals surface area contributed by atoms with Gasteiger partial charge in [0.25, 0.3) is 12.0 Å². The Morgan fingerprint density at radius 2 is 1.86 bits per heavy atom. The van der Waals surface area contributed by atoms with Crippen LogP contribution in [-0.4, -0.2) is 63.7 Å². The summed E-state index contributed by atoms with van der Waals surface area (Å²) in [7, 11) is -4.78. The Bertz CT molecular complexity index is 1600. The molecule has 16 heteroatoms.